The standard InChI is InChI=1S/C20H27F2NO4/c1-20(2,3)27-18(24)6-5-9-23-11-15(16(12-23)19(25)26-4)14-8-7-13(21)10-17(14)22/h7-8,10,15-16H,5-6,9,11-12H2,1-4H3/t15-,16?/m0/s1. The fourth-order valence-electron chi connectivity index (χ4n) is 3.41. The van der Waals surface area contributed by atoms with Crippen molar-refractivity contribution < 1.29 is 27.8 Å². The number of nitrogens with zero attached hydrogens (tertiary/aromatic N) is 1. The van der Waals surface area contributed by atoms with E-state index in [1.807, 2.05) is 25.7 Å². The highest BCUT2D eigenvalue weighted by Crippen LogP contribution is 2.35. The lowest BCUT2D eigenvalue weighted by Crippen LogP contribution is -2.27. The normalized spacial score (nSPS) is 20.5. The Morgan fingerprint density at radius 2 is 1.93 bits per heavy atom. The van der Waals surface area contributed by atoms with Gasteiger partial charge in [-0.25, -0.2) is 8.78 Å². The molecule has 1 aromatic rings. The van der Waals surface area contributed by atoms with Gasteiger partial charge >= 0.3 is 11.9 Å². The van der Waals surface area contributed by atoms with Crippen molar-refractivity contribution in [2.45, 2.75) is 45.1 Å². The molecule has 1 fully saturated rings. The Morgan fingerprint density at radius 3 is 2.52 bits per heavy atom. The summed E-state index contributed by atoms with van der Waals surface area (Å²) in [5.74, 6) is -2.95. The number of carbonyl (C=O) groups excluding carboxylic acids is 2. The van der Waals surface area contributed by atoms with E-state index in [2.05, 4.69) is 0 Å². The molecule has 0 radical (unpaired) electrons. The molecule has 1 aliphatic heterocycles. The molecule has 0 bridgehead atoms. The van der Waals surface area contributed by atoms with Crippen LogP contribution in [0.15, 0.2) is 18.2 Å². The zero-order valence-corrected chi connectivity index (χ0v) is 16.3. The van der Waals surface area contributed by atoms with Crippen molar-refractivity contribution in [1.82, 2.24) is 4.90 Å². The Hall–Kier alpha value is -2.02. The van der Waals surface area contributed by atoms with E-state index < -0.39 is 35.0 Å². The number of methoxy groups -OCH3 is 1. The first-order valence-electron chi connectivity index (χ1n) is 9.07. The number of hydrogen-bond acceptors (Lipinski definition) is 5. The SMILES string of the molecule is COC(=O)C1CN(CCCC(=O)OC(C)(C)C)C[C@H]1c1ccc(F)cc1F. The van der Waals surface area contributed by atoms with Crippen molar-refractivity contribution in [3.63, 3.8) is 0 Å². The summed E-state index contributed by atoms with van der Waals surface area (Å²) in [4.78, 5) is 26.0. The van der Waals surface area contributed by atoms with Crippen LogP contribution in [-0.4, -0.2) is 49.2 Å². The van der Waals surface area contributed by atoms with Gasteiger partial charge in [0, 0.05) is 31.5 Å². The third-order valence-corrected chi connectivity index (χ3v) is 4.54. The van der Waals surface area contributed by atoms with E-state index in [4.69, 9.17) is 9.47 Å². The predicted octanol–water partition coefficient (Wildman–Crippen LogP) is 3.28. The minimum Gasteiger partial charge on any atom is -0.469 e. The lowest BCUT2D eigenvalue weighted by Gasteiger charge is -2.20. The number of benzene rings is 1. The molecule has 150 valence electrons. The van der Waals surface area contributed by atoms with Gasteiger partial charge in [-0.3, -0.25) is 9.59 Å². The number of ether oxygens (including phenoxy) is 2. The summed E-state index contributed by atoms with van der Waals surface area (Å²) >= 11 is 0. The van der Waals surface area contributed by atoms with Crippen LogP contribution in [0.5, 0.6) is 0 Å². The molecule has 1 aliphatic rings. The highest BCUT2D eigenvalue weighted by Gasteiger charge is 2.40. The van der Waals surface area contributed by atoms with Gasteiger partial charge in [-0.2, -0.15) is 0 Å². The van der Waals surface area contributed by atoms with Crippen molar-refractivity contribution in [1.29, 1.82) is 0 Å². The van der Waals surface area contributed by atoms with Gasteiger partial charge in [0.05, 0.1) is 13.0 Å². The van der Waals surface area contributed by atoms with Crippen LogP contribution in [0.25, 0.3) is 0 Å². The average Bonchev–Trinajstić information content (AvgIpc) is 2.96. The molecule has 1 aromatic carbocycles. The first-order chi connectivity index (χ1) is 12.6. The van der Waals surface area contributed by atoms with Gasteiger partial charge in [0.25, 0.3) is 0 Å². The Morgan fingerprint density at radius 1 is 1.22 bits per heavy atom. The van der Waals surface area contributed by atoms with Gasteiger partial charge < -0.3 is 14.4 Å². The maximum Gasteiger partial charge on any atom is 0.310 e. The van der Waals surface area contributed by atoms with Gasteiger partial charge in [0.1, 0.15) is 17.2 Å². The molecule has 0 amide bonds. The fraction of sp³-hybridized carbons (Fsp3) is 0.600. The molecule has 0 aromatic heterocycles. The van der Waals surface area contributed by atoms with Crippen LogP contribution in [0, 0.1) is 17.6 Å². The van der Waals surface area contributed by atoms with Gasteiger partial charge in [-0.15, -0.1) is 0 Å². The third-order valence-electron chi connectivity index (χ3n) is 4.54. The first kappa shape index (κ1) is 21.3. The zero-order chi connectivity index (χ0) is 20.2. The molecule has 0 N–H and O–H groups in total. The molecule has 7 heteroatoms. The van der Waals surface area contributed by atoms with Crippen LogP contribution in [0.3, 0.4) is 0 Å². The van der Waals surface area contributed by atoms with Crippen molar-refractivity contribution in [2.24, 2.45) is 5.92 Å². The Labute approximate surface area is 158 Å². The summed E-state index contributed by atoms with van der Waals surface area (Å²) in [5.41, 5.74) is -0.215. The predicted molar refractivity (Wildman–Crippen MR) is 96.1 cm³/mol. The minimum absolute atomic E-state index is 0.270. The van der Waals surface area contributed by atoms with E-state index in [9.17, 15) is 18.4 Å². The van der Waals surface area contributed by atoms with Crippen LogP contribution in [-0.2, 0) is 19.1 Å². The number of carbonyl (C=O) groups is 2. The summed E-state index contributed by atoms with van der Waals surface area (Å²) < 4.78 is 37.6. The molecule has 27 heavy (non-hydrogen) atoms. The van der Waals surface area contributed by atoms with E-state index >= 15 is 0 Å². The third kappa shape index (κ3) is 5.99. The topological polar surface area (TPSA) is 55.8 Å². The Kier molecular flexibility index (Phi) is 6.92. The van der Waals surface area contributed by atoms with E-state index in [0.717, 1.165) is 6.07 Å². The van der Waals surface area contributed by atoms with Gasteiger partial charge in [0.2, 0.25) is 0 Å². The summed E-state index contributed by atoms with van der Waals surface area (Å²) in [7, 11) is 1.30. The number of hydrogen-bond donors (Lipinski definition) is 0. The maximum absolute atomic E-state index is 14.2. The van der Waals surface area contributed by atoms with Crippen molar-refractivity contribution in [2.75, 3.05) is 26.7 Å². The lowest BCUT2D eigenvalue weighted by molar-refractivity contribution is -0.155. The molecule has 5 nitrogen and oxygen atoms in total. The van der Waals surface area contributed by atoms with Gasteiger partial charge in [0.15, 0.2) is 0 Å². The number of rotatable bonds is 6. The lowest BCUT2D eigenvalue weighted by atomic mass is 9.88. The molecule has 2 rings (SSSR count). The molecule has 2 atom stereocenters. The number of halogens is 2. The fourth-order valence-corrected chi connectivity index (χ4v) is 3.41. The summed E-state index contributed by atoms with van der Waals surface area (Å²) in [6, 6.07) is 3.40. The van der Waals surface area contributed by atoms with Gasteiger partial charge in [-0.05, 0) is 45.4 Å². The van der Waals surface area contributed by atoms with Crippen molar-refractivity contribution >= 4 is 11.9 Å². The van der Waals surface area contributed by atoms with Crippen LogP contribution < -0.4 is 0 Å². The van der Waals surface area contributed by atoms with Crippen LogP contribution >= 0.6 is 0 Å². The van der Waals surface area contributed by atoms with E-state index in [-0.39, 0.29) is 12.4 Å². The minimum atomic E-state index is -0.662. The highest BCUT2D eigenvalue weighted by molar-refractivity contribution is 5.74. The monoisotopic (exact) mass is 383 g/mol. The molecule has 0 saturated carbocycles. The molecule has 0 spiro atoms. The van der Waals surface area contributed by atoms with Gasteiger partial charge in [-0.1, -0.05) is 6.07 Å². The summed E-state index contributed by atoms with van der Waals surface area (Å²) in [6.45, 7) is 6.86. The second-order valence-corrected chi connectivity index (χ2v) is 7.85. The summed E-state index contributed by atoms with van der Waals surface area (Å²) in [5, 5.41) is 0. The van der Waals surface area contributed by atoms with E-state index in [1.54, 1.807) is 0 Å². The molecular formula is C20H27F2NO4. The largest absolute Gasteiger partial charge is 0.469 e. The first-order valence-corrected chi connectivity index (χ1v) is 9.07. The Balaban J connectivity index is 2.00. The summed E-state index contributed by atoms with van der Waals surface area (Å²) in [6.07, 6.45) is 0.841. The van der Waals surface area contributed by atoms with E-state index in [0.29, 0.717) is 31.6 Å². The zero-order valence-electron chi connectivity index (χ0n) is 16.3. The quantitative estimate of drug-likeness (QED) is 0.706. The van der Waals surface area contributed by atoms with Crippen LogP contribution in [0.1, 0.15) is 45.1 Å². The highest BCUT2D eigenvalue weighted by atomic mass is 19.1. The maximum atomic E-state index is 14.2. The molecule has 0 aliphatic carbocycles. The molecule has 1 heterocycles. The molecule has 1 saturated heterocycles. The second-order valence-electron chi connectivity index (χ2n) is 7.85. The number of likely N-dealkylation sites (tertiary alicyclic amines) is 1. The Bertz CT molecular complexity index is 687. The number of esters is 2. The second kappa shape index (κ2) is 8.78. The molecule has 1 unspecified atom stereocenters. The molecular weight excluding hydrogens is 356 g/mol. The van der Waals surface area contributed by atoms with E-state index in [1.165, 1.54) is 19.2 Å². The average molecular weight is 383 g/mol. The van der Waals surface area contributed by atoms with Crippen molar-refractivity contribution in [3.05, 3.63) is 35.4 Å². The van der Waals surface area contributed by atoms with Crippen molar-refractivity contribution in [3.8, 4) is 0 Å². The van der Waals surface area contributed by atoms with Crippen LogP contribution in [0.2, 0.25) is 0 Å². The smallest absolute Gasteiger partial charge is 0.310 e. The van der Waals surface area contributed by atoms with Crippen LogP contribution in [0.4, 0.5) is 8.78 Å².